The molecule has 0 atom stereocenters. The van der Waals surface area contributed by atoms with Gasteiger partial charge in [0, 0.05) is 22.5 Å². The Bertz CT molecular complexity index is 1160. The Kier molecular flexibility index (Phi) is 6.94. The van der Waals surface area contributed by atoms with Crippen molar-refractivity contribution in [2.75, 3.05) is 5.32 Å². The number of hydrogen-bond donors (Lipinski definition) is 1. The lowest BCUT2D eigenvalue weighted by molar-refractivity contribution is -0.112. The fourth-order valence-electron chi connectivity index (χ4n) is 2.95. The maximum atomic E-state index is 12.6. The molecule has 0 saturated carbocycles. The first-order valence-corrected chi connectivity index (χ1v) is 11.1. The van der Waals surface area contributed by atoms with E-state index < -0.39 is 5.91 Å². The Morgan fingerprint density at radius 3 is 2.55 bits per heavy atom. The minimum Gasteiger partial charge on any atom is -0.297 e. The number of halogens is 1. The van der Waals surface area contributed by atoms with Gasteiger partial charge in [-0.2, -0.15) is 5.26 Å². The number of benzene rings is 2. The first-order chi connectivity index (χ1) is 14.7. The van der Waals surface area contributed by atoms with Gasteiger partial charge in [0.1, 0.15) is 11.6 Å². The second kappa shape index (κ2) is 9.47. The molecule has 3 aromatic rings. The molecule has 0 aliphatic rings. The maximum absolute atomic E-state index is 12.6. The van der Waals surface area contributed by atoms with Gasteiger partial charge in [-0.3, -0.25) is 10.1 Å². The molecule has 158 valence electrons. The van der Waals surface area contributed by atoms with E-state index in [4.69, 9.17) is 11.6 Å². The minimum atomic E-state index is -0.471. The average Bonchev–Trinajstić information content (AvgIpc) is 3.15. The monoisotopic (exact) mass is 449 g/mol. The van der Waals surface area contributed by atoms with Gasteiger partial charge in [0.15, 0.2) is 5.13 Å². The highest BCUT2D eigenvalue weighted by molar-refractivity contribution is 7.15. The van der Waals surface area contributed by atoms with Gasteiger partial charge >= 0.3 is 0 Å². The Hall–Kier alpha value is -2.94. The fourth-order valence-corrected chi connectivity index (χ4v) is 4.00. The molecule has 0 unspecified atom stereocenters. The van der Waals surface area contributed by atoms with Crippen molar-refractivity contribution in [3.63, 3.8) is 0 Å². The maximum Gasteiger partial charge on any atom is 0.268 e. The average molecular weight is 450 g/mol. The molecule has 1 amide bonds. The van der Waals surface area contributed by atoms with Gasteiger partial charge in [0.2, 0.25) is 0 Å². The molecule has 0 bridgehead atoms. The molecule has 0 radical (unpaired) electrons. The van der Waals surface area contributed by atoms with Crippen LogP contribution in [0.3, 0.4) is 0 Å². The van der Waals surface area contributed by atoms with Crippen molar-refractivity contribution < 1.29 is 4.79 Å². The molecular weight excluding hydrogens is 426 g/mol. The number of nitriles is 1. The molecule has 6 heteroatoms. The van der Waals surface area contributed by atoms with Gasteiger partial charge in [-0.25, -0.2) is 4.98 Å². The second-order valence-corrected chi connectivity index (χ2v) is 9.91. The van der Waals surface area contributed by atoms with Crippen molar-refractivity contribution in [2.24, 2.45) is 0 Å². The van der Waals surface area contributed by atoms with Crippen molar-refractivity contribution in [3.8, 4) is 6.07 Å². The van der Waals surface area contributed by atoms with Crippen LogP contribution >= 0.6 is 22.9 Å². The number of anilines is 1. The van der Waals surface area contributed by atoms with E-state index in [2.05, 4.69) is 31.1 Å². The number of amides is 1. The second-order valence-electron chi connectivity index (χ2n) is 8.39. The largest absolute Gasteiger partial charge is 0.297 e. The van der Waals surface area contributed by atoms with E-state index in [-0.39, 0.29) is 11.0 Å². The van der Waals surface area contributed by atoms with Crippen molar-refractivity contribution in [1.29, 1.82) is 5.26 Å². The zero-order chi connectivity index (χ0) is 22.6. The minimum absolute atomic E-state index is 0.0329. The van der Waals surface area contributed by atoms with Crippen LogP contribution in [0.5, 0.6) is 0 Å². The topological polar surface area (TPSA) is 65.8 Å². The lowest BCUT2D eigenvalue weighted by Gasteiger charge is -2.18. The fraction of sp³-hybridized carbons (Fsp3) is 0.240. The van der Waals surface area contributed by atoms with E-state index >= 15 is 0 Å². The molecule has 0 aliphatic heterocycles. The summed E-state index contributed by atoms with van der Waals surface area (Å²) in [6, 6.07) is 15.8. The molecule has 1 heterocycles. The van der Waals surface area contributed by atoms with Crippen LogP contribution in [0.25, 0.3) is 6.08 Å². The summed E-state index contributed by atoms with van der Waals surface area (Å²) < 4.78 is 0. The van der Waals surface area contributed by atoms with Crippen LogP contribution in [-0.4, -0.2) is 10.9 Å². The number of aryl methyl sites for hydroxylation is 1. The molecule has 31 heavy (non-hydrogen) atoms. The zero-order valence-corrected chi connectivity index (χ0v) is 19.6. The predicted molar refractivity (Wildman–Crippen MR) is 128 cm³/mol. The third-order valence-corrected chi connectivity index (χ3v) is 6.16. The number of thiazole rings is 1. The lowest BCUT2D eigenvalue weighted by atomic mass is 9.86. The van der Waals surface area contributed by atoms with E-state index in [9.17, 15) is 10.1 Å². The van der Waals surface area contributed by atoms with Gasteiger partial charge in [0.25, 0.3) is 5.91 Å². The summed E-state index contributed by atoms with van der Waals surface area (Å²) in [5.41, 5.74) is 4.18. The normalized spacial score (nSPS) is 11.8. The summed E-state index contributed by atoms with van der Waals surface area (Å²) in [6.45, 7) is 8.39. The van der Waals surface area contributed by atoms with E-state index in [1.165, 1.54) is 16.9 Å². The SMILES string of the molecule is Cc1ccc(Cc2cnc(NC(=O)C(C#N)=Cc3ccc(C(C)(C)C)cc3)s2)cc1Cl. The van der Waals surface area contributed by atoms with Gasteiger partial charge in [0.05, 0.1) is 0 Å². The number of nitrogens with one attached hydrogen (secondary N) is 1. The summed E-state index contributed by atoms with van der Waals surface area (Å²) in [5, 5.41) is 13.4. The first kappa shape index (κ1) is 22.7. The number of rotatable bonds is 5. The van der Waals surface area contributed by atoms with Crippen LogP contribution in [0.1, 0.15) is 47.9 Å². The number of nitrogens with zero attached hydrogens (tertiary/aromatic N) is 2. The summed E-state index contributed by atoms with van der Waals surface area (Å²) in [7, 11) is 0. The quantitative estimate of drug-likeness (QED) is 0.355. The van der Waals surface area contributed by atoms with Crippen LogP contribution in [0, 0.1) is 18.3 Å². The van der Waals surface area contributed by atoms with Crippen molar-refractivity contribution in [3.05, 3.63) is 86.4 Å². The highest BCUT2D eigenvalue weighted by atomic mass is 35.5. The molecular formula is C25H24ClN3OS. The predicted octanol–water partition coefficient (Wildman–Crippen LogP) is 6.54. The van der Waals surface area contributed by atoms with Crippen LogP contribution in [0.15, 0.2) is 54.2 Å². The van der Waals surface area contributed by atoms with Crippen LogP contribution in [0.2, 0.25) is 5.02 Å². The standard InChI is InChI=1S/C25H24ClN3OS/c1-16-5-6-18(13-22(16)26)12-21-15-28-24(31-21)29-23(30)19(14-27)11-17-7-9-20(10-8-17)25(2,3)4/h5-11,13,15H,12H2,1-4H3,(H,28,29,30). The van der Waals surface area contributed by atoms with Crippen molar-refractivity contribution >= 4 is 40.1 Å². The summed E-state index contributed by atoms with van der Waals surface area (Å²) >= 11 is 7.58. The first-order valence-electron chi connectivity index (χ1n) is 9.89. The molecule has 4 nitrogen and oxygen atoms in total. The molecule has 0 saturated heterocycles. The Labute approximate surface area is 192 Å². The molecule has 0 spiro atoms. The third kappa shape index (κ3) is 6.04. The molecule has 3 rings (SSSR count). The molecule has 1 aromatic heterocycles. The van der Waals surface area contributed by atoms with E-state index in [0.29, 0.717) is 11.6 Å². The van der Waals surface area contributed by atoms with Gasteiger partial charge in [-0.15, -0.1) is 11.3 Å². The summed E-state index contributed by atoms with van der Waals surface area (Å²) in [5.74, 6) is -0.471. The van der Waals surface area contributed by atoms with E-state index in [1.807, 2.05) is 55.5 Å². The molecule has 1 N–H and O–H groups in total. The number of carbonyl (C=O) groups is 1. The summed E-state index contributed by atoms with van der Waals surface area (Å²) in [6.07, 6.45) is 3.99. The molecule has 0 fully saturated rings. The molecule has 2 aromatic carbocycles. The lowest BCUT2D eigenvalue weighted by Crippen LogP contribution is -2.13. The number of carbonyl (C=O) groups excluding carboxylic acids is 1. The Morgan fingerprint density at radius 1 is 1.23 bits per heavy atom. The Morgan fingerprint density at radius 2 is 1.94 bits per heavy atom. The zero-order valence-electron chi connectivity index (χ0n) is 18.0. The van der Waals surface area contributed by atoms with Crippen LogP contribution < -0.4 is 5.32 Å². The van der Waals surface area contributed by atoms with Gasteiger partial charge < -0.3 is 0 Å². The van der Waals surface area contributed by atoms with Crippen molar-refractivity contribution in [2.45, 2.75) is 39.5 Å². The highest BCUT2D eigenvalue weighted by Crippen LogP contribution is 2.25. The Balaban J connectivity index is 1.69. The number of aromatic nitrogens is 1. The number of hydrogen-bond acceptors (Lipinski definition) is 4. The highest BCUT2D eigenvalue weighted by Gasteiger charge is 2.14. The van der Waals surface area contributed by atoms with Gasteiger partial charge in [-0.1, -0.05) is 68.8 Å². The third-order valence-electron chi connectivity index (χ3n) is 4.84. The van der Waals surface area contributed by atoms with Crippen molar-refractivity contribution in [1.82, 2.24) is 4.98 Å². The van der Waals surface area contributed by atoms with Crippen LogP contribution in [-0.2, 0) is 16.6 Å². The smallest absolute Gasteiger partial charge is 0.268 e. The van der Waals surface area contributed by atoms with E-state index in [1.54, 1.807) is 12.3 Å². The van der Waals surface area contributed by atoms with Crippen LogP contribution in [0.4, 0.5) is 5.13 Å². The van der Waals surface area contributed by atoms with E-state index in [0.717, 1.165) is 26.6 Å². The molecule has 0 aliphatic carbocycles. The van der Waals surface area contributed by atoms with Gasteiger partial charge in [-0.05, 0) is 46.7 Å². The summed E-state index contributed by atoms with van der Waals surface area (Å²) in [4.78, 5) is 17.8.